The number of fused-ring (bicyclic) bond motifs is 17. The highest BCUT2D eigenvalue weighted by Gasteiger charge is 2.32. The molecule has 0 aliphatic carbocycles. The molecule has 0 N–H and O–H groups in total. The first kappa shape index (κ1) is 79.3. The summed E-state index contributed by atoms with van der Waals surface area (Å²) in [6.45, 7) is 6.44. The van der Waals surface area contributed by atoms with E-state index in [-0.39, 0.29) is 0 Å². The van der Waals surface area contributed by atoms with E-state index in [0.717, 1.165) is 198 Å². The van der Waals surface area contributed by atoms with Crippen molar-refractivity contribution < 1.29 is 8.83 Å². The van der Waals surface area contributed by atoms with Crippen LogP contribution < -0.4 is 11.3 Å². The van der Waals surface area contributed by atoms with Crippen molar-refractivity contribution >= 4 is 131 Å². The monoisotopic (exact) mass is 1770 g/mol. The summed E-state index contributed by atoms with van der Waals surface area (Å²) in [6.07, 6.45) is 0. The first-order valence-corrected chi connectivity index (χ1v) is 46.5. The predicted molar refractivity (Wildman–Crippen MR) is 565 cm³/mol. The van der Waals surface area contributed by atoms with Gasteiger partial charge in [-0.05, 0) is 188 Å². The van der Waals surface area contributed by atoms with E-state index in [1.807, 2.05) is 103 Å². The second-order valence-electron chi connectivity index (χ2n) is 36.1. The molecule has 27 aromatic rings. The van der Waals surface area contributed by atoms with E-state index in [1.165, 1.54) is 0 Å². The van der Waals surface area contributed by atoms with Crippen molar-refractivity contribution in [2.45, 2.75) is 20.8 Å². The topological polar surface area (TPSA) is 137 Å². The van der Waals surface area contributed by atoms with E-state index in [1.54, 1.807) is 12.1 Å². The van der Waals surface area contributed by atoms with Crippen LogP contribution in [0.4, 0.5) is 0 Å². The van der Waals surface area contributed by atoms with Crippen LogP contribution in [0.2, 0.25) is 0 Å². The summed E-state index contributed by atoms with van der Waals surface area (Å²) < 4.78 is 25.7. The molecule has 13 nitrogen and oxygen atoms in total. The summed E-state index contributed by atoms with van der Waals surface area (Å²) in [7, 11) is 0. The van der Waals surface area contributed by atoms with Crippen LogP contribution in [0.5, 0.6) is 0 Å². The maximum absolute atomic E-state index is 15.5. The van der Waals surface area contributed by atoms with Crippen LogP contribution in [0.3, 0.4) is 0 Å². The molecule has 0 saturated carbocycles. The van der Waals surface area contributed by atoms with Crippen molar-refractivity contribution in [2.75, 3.05) is 0 Å². The van der Waals surface area contributed by atoms with Gasteiger partial charge in [0.1, 0.15) is 0 Å². The van der Waals surface area contributed by atoms with Crippen LogP contribution in [0, 0.1) is 20.8 Å². The summed E-state index contributed by atoms with van der Waals surface area (Å²) in [4.78, 5) is 53.1. The Morgan fingerprint density at radius 3 is 0.971 bits per heavy atom. The fraction of sp³-hybridized carbons (Fsp3) is 0.0240. The highest BCUT2D eigenvalue weighted by atomic mass is 16.4. The third kappa shape index (κ3) is 12.7. The first-order chi connectivity index (χ1) is 68.0. The van der Waals surface area contributed by atoms with Gasteiger partial charge in [-0.2, -0.15) is 0 Å². The van der Waals surface area contributed by atoms with Gasteiger partial charge in [0.25, 0.3) is 0 Å². The molecule has 0 fully saturated rings. The molecule has 13 heteroatoms. The number of aromatic nitrogens is 9. The Kier molecular flexibility index (Phi) is 18.0. The van der Waals surface area contributed by atoms with Gasteiger partial charge in [0.15, 0.2) is 22.8 Å². The Morgan fingerprint density at radius 2 is 0.500 bits per heavy atom. The zero-order chi connectivity index (χ0) is 91.6. The van der Waals surface area contributed by atoms with Gasteiger partial charge < -0.3 is 31.7 Å². The minimum Gasteiger partial charge on any atom is -0.420 e. The zero-order valence-corrected chi connectivity index (χ0v) is 75.1. The summed E-state index contributed by atoms with van der Waals surface area (Å²) in [5.41, 5.74) is 29.4. The second kappa shape index (κ2) is 31.4. The summed E-state index contributed by atoms with van der Waals surface area (Å²) in [5.74, 6) is 0.971. The molecule has 27 rings (SSSR count). The minimum atomic E-state index is -0.542. The fourth-order valence-corrected chi connectivity index (χ4v) is 21.6. The van der Waals surface area contributed by atoms with Crippen LogP contribution in [-0.4, -0.2) is 42.8 Å². The van der Waals surface area contributed by atoms with Gasteiger partial charge in [-0.3, -0.25) is 0 Å². The van der Waals surface area contributed by atoms with Crippen LogP contribution in [-0.2, 0) is 0 Å². The maximum Gasteiger partial charge on any atom is 0.336 e. The Morgan fingerprint density at radius 1 is 0.196 bits per heavy atom. The Hall–Kier alpha value is -18.5. The Labute approximate surface area is 789 Å². The Balaban J connectivity index is 0.698. The Bertz CT molecular complexity index is 9880. The van der Waals surface area contributed by atoms with E-state index < -0.39 is 11.3 Å². The maximum atomic E-state index is 15.5. The number of nitrogens with zero attached hydrogens (tertiary/aromatic N) is 9. The molecule has 9 aromatic heterocycles. The molecule has 0 unspecified atom stereocenters. The second-order valence-corrected chi connectivity index (χ2v) is 36.1. The molecule has 138 heavy (non-hydrogen) atoms. The van der Waals surface area contributed by atoms with E-state index in [4.69, 9.17) is 28.8 Å². The van der Waals surface area contributed by atoms with Gasteiger partial charge in [0.05, 0.1) is 117 Å². The van der Waals surface area contributed by atoms with Gasteiger partial charge >= 0.3 is 11.3 Å². The predicted octanol–water partition coefficient (Wildman–Crippen LogP) is 30.9. The molecule has 0 amide bonds. The molecule has 0 atom stereocenters. The van der Waals surface area contributed by atoms with Crippen LogP contribution in [0.15, 0.2) is 443 Å². The summed E-state index contributed by atoms with van der Waals surface area (Å²) in [6, 6.07) is 148. The standard InChI is InChI=1S/C125H79N9O4/c1-74-48-54-107-91(62-74)87-40-19-25-46-105(87)133(107)116-73-115(121(134-106-47-26-22-41-88(106)92-63-75(2)50-56-112(92)134)120-98(70-118(136)138-123(116)120)102-71-99(79-32-13-6-14-33-79)126-124(129-102)80-34-15-7-16-35-80)132-108-55-49-76(3)64-93(108)96-68-85(53-59-111(96)132)82-38-27-39-86(65-82)100-72-101(128-125(127-100)81-36-17-8-18-37-81)97-69-117(135)137-122-114(131-104-45-24-21-43-90(104)95-67-84(52-58-110(95)131)78-30-11-5-12-31-78)61-60-113(119(97)122)130-103-44-23-20-42-89(103)94-66-83(51-57-109(94)130)77-28-9-4-10-29-77/h4-73H,1-3H3. The number of benzene rings is 18. The third-order valence-electron chi connectivity index (χ3n) is 27.7. The van der Waals surface area contributed by atoms with Gasteiger partial charge in [-0.25, -0.2) is 29.5 Å². The third-order valence-corrected chi connectivity index (χ3v) is 27.7. The SMILES string of the molecule is Cc1ccc2c(c1)c1cc(-c3cccc(-c4cc(-c5cc(=O)oc6c(-n7c8ccccc8c8cc(-c9ccccc9)ccc87)ccc(-n7c8ccccc8c8cc(-c9ccccc9)ccc87)c56)nc(-c5ccccc5)n4)c3)ccc1n2-c1cc(-n2c3ccccc3c3cc(C)ccc32)c2oc(=O)cc(-c3cc(-c4ccccc4)nc(-c4ccccc4)n3)c2c1-n1c2ccccc2c2cc(C)ccc21. The number of para-hydroxylation sites is 4. The largest absolute Gasteiger partial charge is 0.420 e. The van der Waals surface area contributed by atoms with E-state index in [9.17, 15) is 0 Å². The molecule has 648 valence electrons. The van der Waals surface area contributed by atoms with Gasteiger partial charge in [0.2, 0.25) is 0 Å². The molecule has 0 radical (unpaired) electrons. The number of hydrogen-bond donors (Lipinski definition) is 0. The first-order valence-electron chi connectivity index (χ1n) is 46.5. The summed E-state index contributed by atoms with van der Waals surface area (Å²) in [5, 5.41) is 11.9. The number of rotatable bonds is 14. The lowest BCUT2D eigenvalue weighted by atomic mass is 9.98. The molecule has 0 aliphatic heterocycles. The number of hydrogen-bond acceptors (Lipinski definition) is 8. The van der Waals surface area contributed by atoms with Gasteiger partial charge in [0, 0.05) is 99.4 Å². The van der Waals surface area contributed by atoms with E-state index >= 15 is 9.59 Å². The highest BCUT2D eigenvalue weighted by molar-refractivity contribution is 6.20. The molecule has 18 aromatic carbocycles. The average Bonchev–Trinajstić information content (AvgIpc) is 1.47. The lowest BCUT2D eigenvalue weighted by Gasteiger charge is -2.23. The van der Waals surface area contributed by atoms with E-state index in [2.05, 4.69) is 353 Å². The zero-order valence-electron chi connectivity index (χ0n) is 75.1. The van der Waals surface area contributed by atoms with Crippen molar-refractivity contribution in [1.82, 2.24) is 42.8 Å². The van der Waals surface area contributed by atoms with Crippen molar-refractivity contribution in [3.8, 4) is 130 Å². The van der Waals surface area contributed by atoms with Crippen molar-refractivity contribution in [3.63, 3.8) is 0 Å². The lowest BCUT2D eigenvalue weighted by Crippen LogP contribution is -2.11. The number of aryl methyl sites for hydroxylation is 3. The molecule has 0 bridgehead atoms. The van der Waals surface area contributed by atoms with Crippen LogP contribution in [0.1, 0.15) is 16.7 Å². The average molecular weight is 1770 g/mol. The van der Waals surface area contributed by atoms with Crippen molar-refractivity contribution in [2.24, 2.45) is 0 Å². The molecule has 0 saturated heterocycles. The highest BCUT2D eigenvalue weighted by Crippen LogP contribution is 2.51. The normalized spacial score (nSPS) is 11.9. The van der Waals surface area contributed by atoms with Crippen molar-refractivity contribution in [3.05, 3.63) is 462 Å². The van der Waals surface area contributed by atoms with Gasteiger partial charge in [-0.1, -0.05) is 296 Å². The molecule has 9 heterocycles. The molecular weight excluding hydrogens is 1690 g/mol. The quantitative estimate of drug-likeness (QED) is 0.0982. The van der Waals surface area contributed by atoms with Crippen LogP contribution >= 0.6 is 0 Å². The van der Waals surface area contributed by atoms with Gasteiger partial charge in [-0.15, -0.1) is 0 Å². The minimum absolute atomic E-state index is 0.372. The smallest absolute Gasteiger partial charge is 0.336 e. The van der Waals surface area contributed by atoms with Crippen LogP contribution in [0.25, 0.3) is 261 Å². The van der Waals surface area contributed by atoms with E-state index in [0.29, 0.717) is 78.9 Å². The molecule has 0 spiro atoms. The fourth-order valence-electron chi connectivity index (χ4n) is 21.6. The van der Waals surface area contributed by atoms with Crippen molar-refractivity contribution in [1.29, 1.82) is 0 Å². The summed E-state index contributed by atoms with van der Waals surface area (Å²) >= 11 is 0. The lowest BCUT2D eigenvalue weighted by molar-refractivity contribution is 0.559. The molecule has 0 aliphatic rings. The molecular formula is C125H79N9O4.